The Morgan fingerprint density at radius 3 is 2.50 bits per heavy atom. The first-order chi connectivity index (χ1) is 12.6. The van der Waals surface area contributed by atoms with E-state index in [4.69, 9.17) is 27.9 Å². The Balaban J connectivity index is 2.24. The fourth-order valence-corrected chi connectivity index (χ4v) is 3.10. The molecule has 1 atom stereocenters. The van der Waals surface area contributed by atoms with Crippen molar-refractivity contribution in [3.05, 3.63) is 69.7 Å². The molecule has 0 radical (unpaired) electrons. The first kappa shape index (κ1) is 20.7. The van der Waals surface area contributed by atoms with Crippen LogP contribution in [-0.2, 0) is 4.74 Å². The summed E-state index contributed by atoms with van der Waals surface area (Å²) in [4.78, 5) is 14.7. The Morgan fingerprint density at radius 2 is 1.88 bits per heavy atom. The number of hydrogen-bond donors (Lipinski definition) is 1. The Hall–Kier alpha value is -1.59. The van der Waals surface area contributed by atoms with Crippen molar-refractivity contribution in [2.24, 2.45) is 0 Å². The molecular formula is C20H23Cl2NO3. The second-order valence-electron chi connectivity index (χ2n) is 5.99. The lowest BCUT2D eigenvalue weighted by Gasteiger charge is -2.28. The van der Waals surface area contributed by atoms with Gasteiger partial charge in [-0.05, 0) is 36.2 Å². The number of methoxy groups -OCH3 is 1. The molecule has 0 fully saturated rings. The standard InChI is InChI=1S/C20H23Cl2NO3/c1-26-12-10-23(20(25)15-5-3-2-4-6-15)14-17(9-11-24)16-7-8-18(21)19(22)13-16/h2-8,13,17,24H,9-12,14H2,1H3. The van der Waals surface area contributed by atoms with Crippen molar-refractivity contribution in [2.75, 3.05) is 33.4 Å². The smallest absolute Gasteiger partial charge is 0.253 e. The molecule has 1 amide bonds. The number of aliphatic hydroxyl groups excluding tert-OH is 1. The van der Waals surface area contributed by atoms with Crippen LogP contribution in [0.1, 0.15) is 28.3 Å². The van der Waals surface area contributed by atoms with Crippen LogP contribution in [0.15, 0.2) is 48.5 Å². The van der Waals surface area contributed by atoms with Gasteiger partial charge in [0.05, 0.1) is 16.7 Å². The molecule has 0 aliphatic heterocycles. The molecular weight excluding hydrogens is 373 g/mol. The molecule has 0 saturated carbocycles. The molecule has 2 rings (SSSR count). The van der Waals surface area contributed by atoms with Crippen LogP contribution in [0.2, 0.25) is 10.0 Å². The first-order valence-corrected chi connectivity index (χ1v) is 9.21. The van der Waals surface area contributed by atoms with Gasteiger partial charge in [-0.2, -0.15) is 0 Å². The third-order valence-electron chi connectivity index (χ3n) is 4.21. The molecule has 0 saturated heterocycles. The minimum absolute atomic E-state index is 0.0164. The van der Waals surface area contributed by atoms with E-state index in [1.54, 1.807) is 36.3 Å². The van der Waals surface area contributed by atoms with E-state index in [9.17, 15) is 9.90 Å². The number of nitrogens with zero attached hydrogens (tertiary/aromatic N) is 1. The number of halogens is 2. The molecule has 1 unspecified atom stereocenters. The van der Waals surface area contributed by atoms with Crippen molar-refractivity contribution >= 4 is 29.1 Å². The summed E-state index contributed by atoms with van der Waals surface area (Å²) in [5, 5.41) is 10.4. The van der Waals surface area contributed by atoms with E-state index in [2.05, 4.69) is 0 Å². The van der Waals surface area contributed by atoms with Gasteiger partial charge in [-0.15, -0.1) is 0 Å². The lowest BCUT2D eigenvalue weighted by atomic mass is 9.95. The van der Waals surface area contributed by atoms with Crippen molar-refractivity contribution in [1.82, 2.24) is 4.90 Å². The highest BCUT2D eigenvalue weighted by atomic mass is 35.5. The molecule has 26 heavy (non-hydrogen) atoms. The molecule has 1 N–H and O–H groups in total. The molecule has 4 nitrogen and oxygen atoms in total. The van der Waals surface area contributed by atoms with E-state index < -0.39 is 0 Å². The van der Waals surface area contributed by atoms with Crippen LogP contribution in [0, 0.1) is 0 Å². The fourth-order valence-electron chi connectivity index (χ4n) is 2.79. The molecule has 0 bridgehead atoms. The predicted octanol–water partition coefficient (Wildman–Crippen LogP) is 4.25. The quantitative estimate of drug-likeness (QED) is 0.690. The summed E-state index contributed by atoms with van der Waals surface area (Å²) < 4.78 is 5.16. The summed E-state index contributed by atoms with van der Waals surface area (Å²) in [6.45, 7) is 1.37. The summed E-state index contributed by atoms with van der Waals surface area (Å²) in [6.07, 6.45) is 0.517. The van der Waals surface area contributed by atoms with E-state index in [1.165, 1.54) is 0 Å². The molecule has 0 aliphatic rings. The zero-order valence-corrected chi connectivity index (χ0v) is 16.2. The van der Waals surface area contributed by atoms with Gasteiger partial charge in [-0.3, -0.25) is 4.79 Å². The number of rotatable bonds is 9. The van der Waals surface area contributed by atoms with Crippen molar-refractivity contribution in [1.29, 1.82) is 0 Å². The number of hydrogen-bond acceptors (Lipinski definition) is 3. The van der Waals surface area contributed by atoms with E-state index >= 15 is 0 Å². The van der Waals surface area contributed by atoms with E-state index in [0.29, 0.717) is 41.7 Å². The maximum atomic E-state index is 12.9. The predicted molar refractivity (Wildman–Crippen MR) is 105 cm³/mol. The zero-order chi connectivity index (χ0) is 18.9. The average Bonchev–Trinajstić information content (AvgIpc) is 2.66. The molecule has 0 heterocycles. The minimum atomic E-state index is -0.0642. The van der Waals surface area contributed by atoms with Crippen LogP contribution < -0.4 is 0 Å². The highest BCUT2D eigenvalue weighted by Gasteiger charge is 2.21. The second-order valence-corrected chi connectivity index (χ2v) is 6.81. The second kappa shape index (κ2) is 10.5. The van der Waals surface area contributed by atoms with Gasteiger partial charge in [-0.1, -0.05) is 47.5 Å². The Morgan fingerprint density at radius 1 is 1.15 bits per heavy atom. The van der Waals surface area contributed by atoms with Crippen molar-refractivity contribution in [3.8, 4) is 0 Å². The van der Waals surface area contributed by atoms with Crippen molar-refractivity contribution < 1.29 is 14.6 Å². The lowest BCUT2D eigenvalue weighted by Crippen LogP contribution is -2.37. The molecule has 2 aromatic rings. The Bertz CT molecular complexity index is 709. The maximum absolute atomic E-state index is 12.9. The maximum Gasteiger partial charge on any atom is 0.253 e. The van der Waals surface area contributed by atoms with Crippen LogP contribution in [0.5, 0.6) is 0 Å². The van der Waals surface area contributed by atoms with Gasteiger partial charge >= 0.3 is 0 Å². The largest absolute Gasteiger partial charge is 0.396 e. The van der Waals surface area contributed by atoms with E-state index in [1.807, 2.05) is 24.3 Å². The minimum Gasteiger partial charge on any atom is -0.396 e. The van der Waals surface area contributed by atoms with Crippen molar-refractivity contribution in [3.63, 3.8) is 0 Å². The molecule has 140 valence electrons. The van der Waals surface area contributed by atoms with Crippen LogP contribution in [0.25, 0.3) is 0 Å². The highest BCUT2D eigenvalue weighted by Crippen LogP contribution is 2.29. The lowest BCUT2D eigenvalue weighted by molar-refractivity contribution is 0.0675. The molecule has 6 heteroatoms. The Labute approximate surface area is 164 Å². The average molecular weight is 396 g/mol. The van der Waals surface area contributed by atoms with Gasteiger partial charge in [0.1, 0.15) is 0 Å². The zero-order valence-electron chi connectivity index (χ0n) is 14.7. The van der Waals surface area contributed by atoms with Crippen molar-refractivity contribution in [2.45, 2.75) is 12.3 Å². The fraction of sp³-hybridized carbons (Fsp3) is 0.350. The SMILES string of the molecule is COCCN(CC(CCO)c1ccc(Cl)c(Cl)c1)C(=O)c1ccccc1. The normalized spacial score (nSPS) is 12.0. The van der Waals surface area contributed by atoms with Gasteiger partial charge in [-0.25, -0.2) is 0 Å². The van der Waals surface area contributed by atoms with Gasteiger partial charge in [0, 0.05) is 38.3 Å². The van der Waals surface area contributed by atoms with Gasteiger partial charge in [0.25, 0.3) is 5.91 Å². The van der Waals surface area contributed by atoms with Gasteiger partial charge in [0.2, 0.25) is 0 Å². The van der Waals surface area contributed by atoms with E-state index in [0.717, 1.165) is 5.56 Å². The monoisotopic (exact) mass is 395 g/mol. The Kier molecular flexibility index (Phi) is 8.39. The topological polar surface area (TPSA) is 49.8 Å². The van der Waals surface area contributed by atoms with E-state index in [-0.39, 0.29) is 18.4 Å². The number of benzene rings is 2. The molecule has 0 spiro atoms. The number of amides is 1. The summed E-state index contributed by atoms with van der Waals surface area (Å²) in [6, 6.07) is 14.6. The first-order valence-electron chi connectivity index (χ1n) is 8.46. The number of aliphatic hydroxyl groups is 1. The molecule has 0 aliphatic carbocycles. The van der Waals surface area contributed by atoms with Crippen LogP contribution in [0.3, 0.4) is 0 Å². The van der Waals surface area contributed by atoms with Crippen LogP contribution in [-0.4, -0.2) is 49.3 Å². The third kappa shape index (κ3) is 5.71. The summed E-state index contributed by atoms with van der Waals surface area (Å²) >= 11 is 12.1. The third-order valence-corrected chi connectivity index (χ3v) is 4.95. The summed E-state index contributed by atoms with van der Waals surface area (Å²) in [5.41, 5.74) is 1.57. The van der Waals surface area contributed by atoms with Crippen LogP contribution >= 0.6 is 23.2 Å². The molecule has 2 aromatic carbocycles. The number of carbonyl (C=O) groups is 1. The number of carbonyl (C=O) groups excluding carboxylic acids is 1. The molecule has 0 aromatic heterocycles. The van der Waals surface area contributed by atoms with Gasteiger partial charge in [0.15, 0.2) is 0 Å². The number of ether oxygens (including phenoxy) is 1. The van der Waals surface area contributed by atoms with Crippen LogP contribution in [0.4, 0.5) is 0 Å². The highest BCUT2D eigenvalue weighted by molar-refractivity contribution is 6.42. The summed E-state index contributed by atoms with van der Waals surface area (Å²) in [5.74, 6) is -0.120. The summed E-state index contributed by atoms with van der Waals surface area (Å²) in [7, 11) is 1.61. The van der Waals surface area contributed by atoms with Gasteiger partial charge < -0.3 is 14.7 Å².